The number of nitrogen functional groups attached to an aromatic ring is 1. The molecule has 0 heterocycles. The molecule has 182 valence electrons. The Hall–Kier alpha value is -4.30. The molecule has 0 unspecified atom stereocenters. The van der Waals surface area contributed by atoms with Gasteiger partial charge in [-0.05, 0) is 48.0 Å². The van der Waals surface area contributed by atoms with Crippen molar-refractivity contribution in [3.63, 3.8) is 0 Å². The molecule has 0 bridgehead atoms. The first-order valence-corrected chi connectivity index (χ1v) is 11.2. The molecule has 8 nitrogen and oxygen atoms in total. The van der Waals surface area contributed by atoms with Gasteiger partial charge in [0.05, 0.1) is 18.0 Å². The highest BCUT2D eigenvalue weighted by atomic mass is 16.6. The summed E-state index contributed by atoms with van der Waals surface area (Å²) in [6, 6.07) is 23.0. The molecule has 5 N–H and O–H groups in total. The van der Waals surface area contributed by atoms with Gasteiger partial charge in [-0.1, -0.05) is 55.5 Å². The minimum absolute atomic E-state index is 0.0916. The standard InChI is InChI=1S/C27H29N3O5/c1-19(11-16-25(32)30-24-10-6-5-9-23(24)28)26(20-12-14-22(15-13-20)34-18-17-31)35-27(33)29-21-7-3-2-4-8-21/h2-16,19,26,31H,17-18,28H2,1H3,(H,29,33)(H,30,32)/b16-11+/t19-,26-/m1/s1. The molecule has 35 heavy (non-hydrogen) atoms. The maximum Gasteiger partial charge on any atom is 0.412 e. The Labute approximate surface area is 204 Å². The van der Waals surface area contributed by atoms with Crippen LogP contribution in [0.2, 0.25) is 0 Å². The van der Waals surface area contributed by atoms with E-state index >= 15 is 0 Å². The number of aliphatic hydroxyl groups excluding tert-OH is 1. The lowest BCUT2D eigenvalue weighted by molar-refractivity contribution is -0.111. The van der Waals surface area contributed by atoms with E-state index in [1.807, 2.05) is 25.1 Å². The first-order valence-electron chi connectivity index (χ1n) is 11.2. The van der Waals surface area contributed by atoms with Crippen LogP contribution in [0, 0.1) is 5.92 Å². The lowest BCUT2D eigenvalue weighted by Gasteiger charge is -2.23. The Balaban J connectivity index is 1.74. The number of amides is 2. The molecular weight excluding hydrogens is 446 g/mol. The minimum atomic E-state index is -0.684. The molecule has 0 spiro atoms. The fourth-order valence-electron chi connectivity index (χ4n) is 3.31. The summed E-state index contributed by atoms with van der Waals surface area (Å²) < 4.78 is 11.2. The fraction of sp³-hybridized carbons (Fsp3) is 0.185. The molecule has 0 aliphatic heterocycles. The average Bonchev–Trinajstić information content (AvgIpc) is 2.87. The number of aliphatic hydroxyl groups is 1. The van der Waals surface area contributed by atoms with Crippen molar-refractivity contribution >= 4 is 29.1 Å². The topological polar surface area (TPSA) is 123 Å². The molecule has 2 atom stereocenters. The van der Waals surface area contributed by atoms with Gasteiger partial charge in [-0.2, -0.15) is 0 Å². The van der Waals surface area contributed by atoms with Gasteiger partial charge in [-0.15, -0.1) is 0 Å². The second-order valence-electron chi connectivity index (χ2n) is 7.75. The number of anilines is 3. The van der Waals surface area contributed by atoms with Crippen LogP contribution in [0.5, 0.6) is 5.75 Å². The van der Waals surface area contributed by atoms with E-state index in [0.717, 1.165) is 5.56 Å². The highest BCUT2D eigenvalue weighted by Gasteiger charge is 2.23. The summed E-state index contributed by atoms with van der Waals surface area (Å²) in [7, 11) is 0. The smallest absolute Gasteiger partial charge is 0.412 e. The van der Waals surface area contributed by atoms with E-state index in [4.69, 9.17) is 20.3 Å². The van der Waals surface area contributed by atoms with E-state index in [2.05, 4.69) is 10.6 Å². The van der Waals surface area contributed by atoms with Crippen LogP contribution in [0.4, 0.5) is 21.9 Å². The van der Waals surface area contributed by atoms with Crippen molar-refractivity contribution in [2.45, 2.75) is 13.0 Å². The van der Waals surface area contributed by atoms with Gasteiger partial charge in [0, 0.05) is 11.6 Å². The van der Waals surface area contributed by atoms with E-state index in [-0.39, 0.29) is 25.0 Å². The lowest BCUT2D eigenvalue weighted by Crippen LogP contribution is -2.21. The van der Waals surface area contributed by atoms with Crippen molar-refractivity contribution < 1.29 is 24.2 Å². The summed E-state index contributed by atoms with van der Waals surface area (Å²) in [4.78, 5) is 25.0. The fourth-order valence-corrected chi connectivity index (χ4v) is 3.31. The Morgan fingerprint density at radius 1 is 0.971 bits per heavy atom. The molecule has 2 amide bonds. The molecular formula is C27H29N3O5. The number of ether oxygens (including phenoxy) is 2. The number of carbonyl (C=O) groups is 2. The minimum Gasteiger partial charge on any atom is -0.491 e. The van der Waals surface area contributed by atoms with Crippen molar-refractivity contribution in [1.29, 1.82) is 0 Å². The molecule has 8 heteroatoms. The van der Waals surface area contributed by atoms with Crippen molar-refractivity contribution in [1.82, 2.24) is 0 Å². The molecule has 3 rings (SSSR count). The van der Waals surface area contributed by atoms with Gasteiger partial charge in [0.1, 0.15) is 18.5 Å². The number of nitrogens with two attached hydrogens (primary N) is 1. The Morgan fingerprint density at radius 3 is 2.34 bits per heavy atom. The second-order valence-corrected chi connectivity index (χ2v) is 7.75. The quantitative estimate of drug-likeness (QED) is 0.248. The first-order chi connectivity index (χ1) is 17.0. The summed E-state index contributed by atoms with van der Waals surface area (Å²) in [5, 5.41) is 14.4. The summed E-state index contributed by atoms with van der Waals surface area (Å²) in [6.07, 6.45) is 1.76. The lowest BCUT2D eigenvalue weighted by atomic mass is 9.96. The molecule has 3 aromatic rings. The van der Waals surface area contributed by atoms with E-state index in [9.17, 15) is 9.59 Å². The van der Waals surface area contributed by atoms with Crippen molar-refractivity contribution in [3.05, 3.63) is 96.6 Å². The third kappa shape index (κ3) is 7.90. The molecule has 0 radical (unpaired) electrons. The van der Waals surface area contributed by atoms with Crippen LogP contribution in [-0.2, 0) is 9.53 Å². The molecule has 0 saturated carbocycles. The zero-order chi connectivity index (χ0) is 25.0. The predicted molar refractivity (Wildman–Crippen MR) is 136 cm³/mol. The number of nitrogens with one attached hydrogen (secondary N) is 2. The van der Waals surface area contributed by atoms with Gasteiger partial charge in [0.25, 0.3) is 0 Å². The van der Waals surface area contributed by atoms with Crippen LogP contribution in [0.25, 0.3) is 0 Å². The van der Waals surface area contributed by atoms with Crippen LogP contribution >= 0.6 is 0 Å². The molecule has 0 saturated heterocycles. The summed E-state index contributed by atoms with van der Waals surface area (Å²) >= 11 is 0. The second kappa shape index (κ2) is 12.8. The normalized spacial score (nSPS) is 12.5. The van der Waals surface area contributed by atoms with Crippen LogP contribution in [0.15, 0.2) is 91.0 Å². The van der Waals surface area contributed by atoms with Gasteiger partial charge < -0.3 is 25.6 Å². The van der Waals surface area contributed by atoms with Gasteiger partial charge >= 0.3 is 6.09 Å². The van der Waals surface area contributed by atoms with Crippen molar-refractivity contribution in [3.8, 4) is 5.75 Å². The summed E-state index contributed by atoms with van der Waals surface area (Å²) in [5.41, 5.74) is 8.18. The highest BCUT2D eigenvalue weighted by molar-refractivity contribution is 6.01. The third-order valence-corrected chi connectivity index (χ3v) is 5.07. The Kier molecular flexibility index (Phi) is 9.27. The van der Waals surface area contributed by atoms with Crippen LogP contribution < -0.4 is 21.1 Å². The first kappa shape index (κ1) is 25.3. The predicted octanol–water partition coefficient (Wildman–Crippen LogP) is 4.76. The molecule has 0 fully saturated rings. The van der Waals surface area contributed by atoms with E-state index in [1.165, 1.54) is 6.08 Å². The zero-order valence-electron chi connectivity index (χ0n) is 19.4. The third-order valence-electron chi connectivity index (χ3n) is 5.07. The number of carbonyl (C=O) groups excluding carboxylic acids is 2. The van der Waals surface area contributed by atoms with E-state index in [0.29, 0.717) is 22.8 Å². The number of hydrogen-bond acceptors (Lipinski definition) is 6. The molecule has 0 aliphatic rings. The van der Waals surface area contributed by atoms with Gasteiger partial charge in [-0.3, -0.25) is 10.1 Å². The maximum absolute atomic E-state index is 12.6. The van der Waals surface area contributed by atoms with Gasteiger partial charge in [0.15, 0.2) is 0 Å². The van der Waals surface area contributed by atoms with E-state index < -0.39 is 12.2 Å². The van der Waals surface area contributed by atoms with Gasteiger partial charge in [-0.25, -0.2) is 4.79 Å². The van der Waals surface area contributed by atoms with Gasteiger partial charge in [0.2, 0.25) is 5.91 Å². The average molecular weight is 476 g/mol. The van der Waals surface area contributed by atoms with Crippen LogP contribution in [0.1, 0.15) is 18.6 Å². The number of benzene rings is 3. The van der Waals surface area contributed by atoms with Crippen LogP contribution in [0.3, 0.4) is 0 Å². The van der Waals surface area contributed by atoms with Crippen molar-refractivity contribution in [2.75, 3.05) is 29.6 Å². The number of para-hydroxylation sites is 3. The zero-order valence-corrected chi connectivity index (χ0v) is 19.4. The molecule has 0 aromatic heterocycles. The monoisotopic (exact) mass is 475 g/mol. The maximum atomic E-state index is 12.6. The SMILES string of the molecule is C[C@H](/C=C/C(=O)Nc1ccccc1N)[C@@H](OC(=O)Nc1ccccc1)c1ccc(OCCO)cc1. The summed E-state index contributed by atoms with van der Waals surface area (Å²) in [6.45, 7) is 1.93. The molecule has 3 aromatic carbocycles. The highest BCUT2D eigenvalue weighted by Crippen LogP contribution is 2.29. The number of hydrogen-bond donors (Lipinski definition) is 4. The Bertz CT molecular complexity index is 1130. The summed E-state index contributed by atoms with van der Waals surface area (Å²) in [5.74, 6) is -0.118. The number of rotatable bonds is 10. The molecule has 0 aliphatic carbocycles. The van der Waals surface area contributed by atoms with Crippen molar-refractivity contribution in [2.24, 2.45) is 5.92 Å². The van der Waals surface area contributed by atoms with Crippen LogP contribution in [-0.4, -0.2) is 30.3 Å². The van der Waals surface area contributed by atoms with E-state index in [1.54, 1.807) is 66.7 Å². The Morgan fingerprint density at radius 2 is 1.66 bits per heavy atom. The largest absolute Gasteiger partial charge is 0.491 e.